The molecular weight excluding hydrogens is 250 g/mol. The zero-order valence-corrected chi connectivity index (χ0v) is 12.3. The molecule has 2 aliphatic rings. The molecule has 3 rings (SSSR count). The highest BCUT2D eigenvalue weighted by atomic mass is 16.5. The first kappa shape index (κ1) is 13.3. The van der Waals surface area contributed by atoms with Crippen LogP contribution in [0.15, 0.2) is 23.2 Å². The van der Waals surface area contributed by atoms with Gasteiger partial charge in [-0.3, -0.25) is 0 Å². The van der Waals surface area contributed by atoms with Gasteiger partial charge in [-0.05, 0) is 44.7 Å². The summed E-state index contributed by atoms with van der Waals surface area (Å²) in [7, 11) is 0. The minimum atomic E-state index is -0.00329. The van der Waals surface area contributed by atoms with Gasteiger partial charge >= 0.3 is 0 Å². The van der Waals surface area contributed by atoms with Crippen molar-refractivity contribution in [2.24, 2.45) is 4.99 Å². The third-order valence-corrected chi connectivity index (χ3v) is 4.28. The molecule has 0 spiro atoms. The Morgan fingerprint density at radius 1 is 1.40 bits per heavy atom. The molecular formula is C16H23N3O. The van der Waals surface area contributed by atoms with Crippen LogP contribution in [0.1, 0.15) is 39.5 Å². The van der Waals surface area contributed by atoms with E-state index in [4.69, 9.17) is 15.5 Å². The highest BCUT2D eigenvalue weighted by Gasteiger charge is 2.30. The van der Waals surface area contributed by atoms with E-state index < -0.39 is 0 Å². The fourth-order valence-electron chi connectivity index (χ4n) is 3.20. The molecule has 4 heteroatoms. The maximum atomic E-state index is 6.02. The number of anilines is 1. The van der Waals surface area contributed by atoms with E-state index in [0.717, 1.165) is 29.5 Å². The standard InChI is InChI=1S/C16H23N3O/c1-3-13-6-4-5-9-19(13)16-11(2)20-15-10-12(17)7-8-14(15)18-16/h7-8,10-11,13H,3-6,9,17H2,1-2H3. The van der Waals surface area contributed by atoms with Crippen LogP contribution in [0.3, 0.4) is 0 Å². The Morgan fingerprint density at radius 3 is 3.05 bits per heavy atom. The van der Waals surface area contributed by atoms with Crippen molar-refractivity contribution >= 4 is 17.2 Å². The molecule has 20 heavy (non-hydrogen) atoms. The molecule has 0 saturated carbocycles. The van der Waals surface area contributed by atoms with Crippen LogP contribution in [0.2, 0.25) is 0 Å². The van der Waals surface area contributed by atoms with E-state index >= 15 is 0 Å². The number of benzene rings is 1. The number of ether oxygens (including phenoxy) is 1. The minimum Gasteiger partial charge on any atom is -0.480 e. The van der Waals surface area contributed by atoms with Gasteiger partial charge in [0.05, 0.1) is 0 Å². The summed E-state index contributed by atoms with van der Waals surface area (Å²) in [4.78, 5) is 7.30. The number of amidine groups is 1. The van der Waals surface area contributed by atoms with Crippen molar-refractivity contribution in [2.45, 2.75) is 51.7 Å². The van der Waals surface area contributed by atoms with Gasteiger partial charge in [-0.25, -0.2) is 4.99 Å². The number of rotatable bonds is 1. The fraction of sp³-hybridized carbons (Fsp3) is 0.562. The first-order valence-corrected chi connectivity index (χ1v) is 7.60. The van der Waals surface area contributed by atoms with E-state index in [-0.39, 0.29) is 6.10 Å². The number of nitrogens with two attached hydrogens (primary N) is 1. The topological polar surface area (TPSA) is 50.8 Å². The van der Waals surface area contributed by atoms with Gasteiger partial charge in [0, 0.05) is 24.3 Å². The molecule has 0 radical (unpaired) electrons. The Kier molecular flexibility index (Phi) is 3.55. The largest absolute Gasteiger partial charge is 0.480 e. The normalized spacial score (nSPS) is 25.7. The van der Waals surface area contributed by atoms with Crippen LogP contribution in [-0.4, -0.2) is 29.4 Å². The molecule has 0 amide bonds. The first-order chi connectivity index (χ1) is 9.69. The molecule has 2 unspecified atom stereocenters. The van der Waals surface area contributed by atoms with Crippen LogP contribution < -0.4 is 10.5 Å². The van der Waals surface area contributed by atoms with Gasteiger partial charge in [-0.2, -0.15) is 0 Å². The molecule has 2 N–H and O–H groups in total. The molecule has 2 heterocycles. The molecule has 1 saturated heterocycles. The van der Waals surface area contributed by atoms with Crippen LogP contribution >= 0.6 is 0 Å². The molecule has 2 atom stereocenters. The molecule has 1 aromatic carbocycles. The number of piperidine rings is 1. The van der Waals surface area contributed by atoms with Gasteiger partial charge in [-0.15, -0.1) is 0 Å². The third-order valence-electron chi connectivity index (χ3n) is 4.28. The smallest absolute Gasteiger partial charge is 0.153 e. The summed E-state index contributed by atoms with van der Waals surface area (Å²) in [5, 5.41) is 0. The van der Waals surface area contributed by atoms with E-state index in [1.807, 2.05) is 18.2 Å². The molecule has 0 aromatic heterocycles. The first-order valence-electron chi connectivity index (χ1n) is 7.60. The quantitative estimate of drug-likeness (QED) is 0.798. The van der Waals surface area contributed by atoms with Gasteiger partial charge in [-0.1, -0.05) is 6.92 Å². The second-order valence-electron chi connectivity index (χ2n) is 5.71. The Bertz CT molecular complexity index is 526. The van der Waals surface area contributed by atoms with Crippen LogP contribution in [-0.2, 0) is 0 Å². The molecule has 0 bridgehead atoms. The number of aliphatic imine (C=N–C) groups is 1. The Hall–Kier alpha value is -1.71. The van der Waals surface area contributed by atoms with Gasteiger partial charge in [0.2, 0.25) is 0 Å². The predicted molar refractivity (Wildman–Crippen MR) is 82.7 cm³/mol. The Labute approximate surface area is 120 Å². The SMILES string of the molecule is CCC1CCCCN1C1=Nc2ccc(N)cc2OC1C. The molecule has 2 aliphatic heterocycles. The predicted octanol–water partition coefficient (Wildman–Crippen LogP) is 3.34. The Morgan fingerprint density at radius 2 is 2.25 bits per heavy atom. The molecule has 1 fully saturated rings. The number of nitrogen functional groups attached to an aromatic ring is 1. The lowest BCUT2D eigenvalue weighted by Crippen LogP contribution is -2.49. The number of hydrogen-bond acceptors (Lipinski definition) is 4. The van der Waals surface area contributed by atoms with Crippen molar-refractivity contribution in [1.29, 1.82) is 0 Å². The molecule has 108 valence electrons. The highest BCUT2D eigenvalue weighted by molar-refractivity contribution is 5.91. The average Bonchev–Trinajstić information content (AvgIpc) is 2.46. The summed E-state index contributed by atoms with van der Waals surface area (Å²) in [5.74, 6) is 1.88. The van der Waals surface area contributed by atoms with Crippen molar-refractivity contribution in [1.82, 2.24) is 4.90 Å². The van der Waals surface area contributed by atoms with E-state index in [2.05, 4.69) is 18.7 Å². The van der Waals surface area contributed by atoms with Gasteiger partial charge in [0.25, 0.3) is 0 Å². The van der Waals surface area contributed by atoms with Gasteiger partial charge in [0.1, 0.15) is 17.3 Å². The second kappa shape index (κ2) is 5.35. The summed E-state index contributed by atoms with van der Waals surface area (Å²) in [6.45, 7) is 5.42. The lowest BCUT2D eigenvalue weighted by atomic mass is 9.99. The monoisotopic (exact) mass is 273 g/mol. The van der Waals surface area contributed by atoms with Crippen molar-refractivity contribution in [3.63, 3.8) is 0 Å². The lowest BCUT2D eigenvalue weighted by Gasteiger charge is -2.40. The number of hydrogen-bond donors (Lipinski definition) is 1. The molecule has 4 nitrogen and oxygen atoms in total. The molecule has 1 aromatic rings. The van der Waals surface area contributed by atoms with Crippen molar-refractivity contribution in [3.8, 4) is 5.75 Å². The molecule has 0 aliphatic carbocycles. The highest BCUT2D eigenvalue weighted by Crippen LogP contribution is 2.35. The van der Waals surface area contributed by atoms with Gasteiger partial charge in [0.15, 0.2) is 6.10 Å². The summed E-state index contributed by atoms with van der Waals surface area (Å²) in [6.07, 6.45) is 5.00. The maximum Gasteiger partial charge on any atom is 0.153 e. The minimum absolute atomic E-state index is 0.00329. The van der Waals surface area contributed by atoms with Crippen LogP contribution in [0.25, 0.3) is 0 Å². The number of fused-ring (bicyclic) bond motifs is 1. The second-order valence-corrected chi connectivity index (χ2v) is 5.71. The van der Waals surface area contributed by atoms with E-state index in [9.17, 15) is 0 Å². The van der Waals surface area contributed by atoms with Crippen LogP contribution in [0.5, 0.6) is 5.75 Å². The third kappa shape index (κ3) is 2.35. The lowest BCUT2D eigenvalue weighted by molar-refractivity contribution is 0.195. The van der Waals surface area contributed by atoms with Crippen molar-refractivity contribution in [3.05, 3.63) is 18.2 Å². The maximum absolute atomic E-state index is 6.02. The van der Waals surface area contributed by atoms with Crippen LogP contribution in [0, 0.1) is 0 Å². The average molecular weight is 273 g/mol. The zero-order valence-electron chi connectivity index (χ0n) is 12.3. The number of likely N-dealkylation sites (tertiary alicyclic amines) is 1. The van der Waals surface area contributed by atoms with Crippen LogP contribution in [0.4, 0.5) is 11.4 Å². The van der Waals surface area contributed by atoms with E-state index in [1.165, 1.54) is 25.7 Å². The van der Waals surface area contributed by atoms with E-state index in [0.29, 0.717) is 6.04 Å². The van der Waals surface area contributed by atoms with Crippen molar-refractivity contribution < 1.29 is 4.74 Å². The summed E-state index contributed by atoms with van der Waals surface area (Å²) in [6, 6.07) is 6.29. The van der Waals surface area contributed by atoms with Crippen molar-refractivity contribution in [2.75, 3.05) is 12.3 Å². The van der Waals surface area contributed by atoms with E-state index in [1.54, 1.807) is 0 Å². The number of nitrogens with zero attached hydrogens (tertiary/aromatic N) is 2. The summed E-state index contributed by atoms with van der Waals surface area (Å²) < 4.78 is 6.02. The fourth-order valence-corrected chi connectivity index (χ4v) is 3.20. The van der Waals surface area contributed by atoms with Gasteiger partial charge < -0.3 is 15.4 Å². The Balaban J connectivity index is 1.94. The summed E-state index contributed by atoms with van der Waals surface area (Å²) >= 11 is 0. The zero-order chi connectivity index (χ0) is 14.1. The summed E-state index contributed by atoms with van der Waals surface area (Å²) in [5.41, 5.74) is 7.43.